The SMILES string of the molecule is CC(=O)c1ccc(NC(=O)CNS(=O)(=O)c2cc(C)ccc2C)cc1. The van der Waals surface area contributed by atoms with Crippen molar-refractivity contribution in [2.75, 3.05) is 11.9 Å². The minimum Gasteiger partial charge on any atom is -0.325 e. The Labute approximate surface area is 147 Å². The van der Waals surface area contributed by atoms with E-state index in [1.807, 2.05) is 6.07 Å². The molecule has 0 bridgehead atoms. The van der Waals surface area contributed by atoms with Gasteiger partial charge >= 0.3 is 0 Å². The van der Waals surface area contributed by atoms with Crippen molar-refractivity contribution >= 4 is 27.4 Å². The van der Waals surface area contributed by atoms with Crippen molar-refractivity contribution in [2.45, 2.75) is 25.7 Å². The van der Waals surface area contributed by atoms with Crippen LogP contribution < -0.4 is 10.0 Å². The maximum atomic E-state index is 12.4. The van der Waals surface area contributed by atoms with E-state index in [2.05, 4.69) is 10.0 Å². The second kappa shape index (κ2) is 7.58. The number of benzene rings is 2. The second-order valence-corrected chi connectivity index (χ2v) is 7.51. The van der Waals surface area contributed by atoms with Crippen molar-refractivity contribution in [3.8, 4) is 0 Å². The van der Waals surface area contributed by atoms with E-state index in [9.17, 15) is 18.0 Å². The zero-order chi connectivity index (χ0) is 18.6. The van der Waals surface area contributed by atoms with Gasteiger partial charge in [0, 0.05) is 11.3 Å². The van der Waals surface area contributed by atoms with E-state index in [0.29, 0.717) is 16.8 Å². The second-order valence-electron chi connectivity index (χ2n) is 5.78. The Bertz CT molecular complexity index is 903. The predicted octanol–water partition coefficient (Wildman–Crippen LogP) is 2.42. The summed E-state index contributed by atoms with van der Waals surface area (Å²) >= 11 is 0. The number of sulfonamides is 1. The molecule has 0 heterocycles. The fraction of sp³-hybridized carbons (Fsp3) is 0.222. The van der Waals surface area contributed by atoms with Crippen molar-refractivity contribution in [3.05, 3.63) is 59.2 Å². The van der Waals surface area contributed by atoms with E-state index in [1.165, 1.54) is 6.92 Å². The third-order valence-corrected chi connectivity index (χ3v) is 5.17. The molecule has 0 atom stereocenters. The third kappa shape index (κ3) is 4.98. The van der Waals surface area contributed by atoms with Crippen LogP contribution in [0.15, 0.2) is 47.4 Å². The molecular weight excluding hydrogens is 340 g/mol. The normalized spacial score (nSPS) is 11.2. The Morgan fingerprint density at radius 2 is 1.64 bits per heavy atom. The fourth-order valence-corrected chi connectivity index (χ4v) is 3.54. The van der Waals surface area contributed by atoms with Crippen LogP contribution in [0.2, 0.25) is 0 Å². The number of hydrogen-bond acceptors (Lipinski definition) is 4. The summed E-state index contributed by atoms with van der Waals surface area (Å²) in [7, 11) is -3.77. The van der Waals surface area contributed by atoms with Gasteiger partial charge in [0.1, 0.15) is 0 Å². The molecule has 2 aromatic carbocycles. The van der Waals surface area contributed by atoms with Gasteiger partial charge in [-0.05, 0) is 62.2 Å². The highest BCUT2D eigenvalue weighted by atomic mass is 32.2. The zero-order valence-corrected chi connectivity index (χ0v) is 15.1. The lowest BCUT2D eigenvalue weighted by molar-refractivity contribution is -0.115. The van der Waals surface area contributed by atoms with Crippen molar-refractivity contribution in [1.29, 1.82) is 0 Å². The van der Waals surface area contributed by atoms with Crippen LogP contribution in [-0.2, 0) is 14.8 Å². The van der Waals surface area contributed by atoms with E-state index >= 15 is 0 Å². The summed E-state index contributed by atoms with van der Waals surface area (Å²) in [5, 5.41) is 2.58. The number of Topliss-reactive ketones (excluding diaryl/α,β-unsaturated/α-hetero) is 1. The standard InChI is InChI=1S/C18H20N2O4S/c1-12-4-5-13(2)17(10-12)25(23,24)19-11-18(22)20-16-8-6-15(7-9-16)14(3)21/h4-10,19H,11H2,1-3H3,(H,20,22). The number of hydrogen-bond donors (Lipinski definition) is 2. The van der Waals surface area contributed by atoms with Crippen LogP contribution in [0.1, 0.15) is 28.4 Å². The average molecular weight is 360 g/mol. The summed E-state index contributed by atoms with van der Waals surface area (Å²) < 4.78 is 27.0. The van der Waals surface area contributed by atoms with Gasteiger partial charge in [0.2, 0.25) is 15.9 Å². The van der Waals surface area contributed by atoms with Gasteiger partial charge in [-0.15, -0.1) is 0 Å². The van der Waals surface area contributed by atoms with Crippen molar-refractivity contribution < 1.29 is 18.0 Å². The summed E-state index contributed by atoms with van der Waals surface area (Å²) in [6.45, 7) is 4.57. The van der Waals surface area contributed by atoms with Gasteiger partial charge in [-0.2, -0.15) is 0 Å². The van der Waals surface area contributed by atoms with Crippen LogP contribution in [0, 0.1) is 13.8 Å². The summed E-state index contributed by atoms with van der Waals surface area (Å²) in [6, 6.07) is 11.5. The minimum atomic E-state index is -3.77. The molecule has 0 spiro atoms. The number of nitrogens with one attached hydrogen (secondary N) is 2. The van der Waals surface area contributed by atoms with E-state index in [-0.39, 0.29) is 17.2 Å². The molecule has 0 aromatic heterocycles. The largest absolute Gasteiger partial charge is 0.325 e. The molecule has 0 saturated heterocycles. The number of carbonyl (C=O) groups is 2. The van der Waals surface area contributed by atoms with Crippen molar-refractivity contribution in [2.24, 2.45) is 0 Å². The van der Waals surface area contributed by atoms with Gasteiger partial charge in [-0.3, -0.25) is 9.59 Å². The van der Waals surface area contributed by atoms with E-state index in [4.69, 9.17) is 0 Å². The lowest BCUT2D eigenvalue weighted by atomic mass is 10.1. The highest BCUT2D eigenvalue weighted by Crippen LogP contribution is 2.16. The van der Waals surface area contributed by atoms with Gasteiger partial charge in [0.15, 0.2) is 5.78 Å². The first-order chi connectivity index (χ1) is 11.7. The van der Waals surface area contributed by atoms with E-state index in [1.54, 1.807) is 50.2 Å². The van der Waals surface area contributed by atoms with E-state index < -0.39 is 15.9 Å². The Morgan fingerprint density at radius 1 is 1.00 bits per heavy atom. The van der Waals surface area contributed by atoms with Gasteiger partial charge in [-0.25, -0.2) is 13.1 Å². The van der Waals surface area contributed by atoms with Crippen LogP contribution in [-0.4, -0.2) is 26.7 Å². The molecule has 0 fully saturated rings. The van der Waals surface area contributed by atoms with E-state index in [0.717, 1.165) is 5.56 Å². The Balaban J connectivity index is 2.01. The number of anilines is 1. The molecule has 2 rings (SSSR count). The zero-order valence-electron chi connectivity index (χ0n) is 14.3. The maximum Gasteiger partial charge on any atom is 0.241 e. The van der Waals surface area contributed by atoms with Crippen LogP contribution >= 0.6 is 0 Å². The first-order valence-electron chi connectivity index (χ1n) is 7.67. The molecule has 0 aliphatic carbocycles. The average Bonchev–Trinajstić information content (AvgIpc) is 2.56. The smallest absolute Gasteiger partial charge is 0.241 e. The molecule has 2 aromatic rings. The molecule has 7 heteroatoms. The number of carbonyl (C=O) groups excluding carboxylic acids is 2. The Kier molecular flexibility index (Phi) is 5.71. The Hall–Kier alpha value is -2.51. The summed E-state index contributed by atoms with van der Waals surface area (Å²) in [6.07, 6.45) is 0. The quantitative estimate of drug-likeness (QED) is 0.774. The minimum absolute atomic E-state index is 0.0702. The van der Waals surface area contributed by atoms with Gasteiger partial charge in [0.25, 0.3) is 0 Å². The van der Waals surface area contributed by atoms with Crippen LogP contribution in [0.5, 0.6) is 0 Å². The molecular formula is C18H20N2O4S. The molecule has 2 N–H and O–H groups in total. The first kappa shape index (κ1) is 18.8. The number of rotatable bonds is 6. The molecule has 1 amide bonds. The molecule has 25 heavy (non-hydrogen) atoms. The number of amides is 1. The number of ketones is 1. The monoisotopic (exact) mass is 360 g/mol. The molecule has 0 saturated carbocycles. The molecule has 132 valence electrons. The molecule has 0 aliphatic rings. The molecule has 0 unspecified atom stereocenters. The van der Waals surface area contributed by atoms with Crippen LogP contribution in [0.3, 0.4) is 0 Å². The summed E-state index contributed by atoms with van der Waals surface area (Å²) in [5.41, 5.74) is 2.45. The lowest BCUT2D eigenvalue weighted by Gasteiger charge is -2.10. The van der Waals surface area contributed by atoms with Crippen LogP contribution in [0.25, 0.3) is 0 Å². The molecule has 0 aliphatic heterocycles. The summed E-state index contributed by atoms with van der Waals surface area (Å²) in [5.74, 6) is -0.566. The van der Waals surface area contributed by atoms with Gasteiger partial charge < -0.3 is 5.32 Å². The molecule has 0 radical (unpaired) electrons. The highest BCUT2D eigenvalue weighted by molar-refractivity contribution is 7.89. The van der Waals surface area contributed by atoms with Crippen molar-refractivity contribution in [1.82, 2.24) is 4.72 Å². The topological polar surface area (TPSA) is 92.3 Å². The Morgan fingerprint density at radius 3 is 2.24 bits per heavy atom. The lowest BCUT2D eigenvalue weighted by Crippen LogP contribution is -2.33. The summed E-state index contributed by atoms with van der Waals surface area (Å²) in [4.78, 5) is 23.3. The molecule has 6 nitrogen and oxygen atoms in total. The van der Waals surface area contributed by atoms with Crippen molar-refractivity contribution in [3.63, 3.8) is 0 Å². The van der Waals surface area contributed by atoms with Gasteiger partial charge in [0.05, 0.1) is 11.4 Å². The number of aryl methyl sites for hydroxylation is 2. The first-order valence-corrected chi connectivity index (χ1v) is 9.15. The maximum absolute atomic E-state index is 12.4. The predicted molar refractivity (Wildman–Crippen MR) is 96.2 cm³/mol. The highest BCUT2D eigenvalue weighted by Gasteiger charge is 2.18. The van der Waals surface area contributed by atoms with Crippen LogP contribution in [0.4, 0.5) is 5.69 Å². The van der Waals surface area contributed by atoms with Gasteiger partial charge in [-0.1, -0.05) is 12.1 Å². The third-order valence-electron chi connectivity index (χ3n) is 3.63. The fourth-order valence-electron chi connectivity index (χ4n) is 2.23.